The van der Waals surface area contributed by atoms with Crippen LogP contribution in [-0.4, -0.2) is 46.9 Å². The normalized spacial score (nSPS) is 17.3. The Morgan fingerprint density at radius 1 is 1.28 bits per heavy atom. The quantitative estimate of drug-likeness (QED) is 0.461. The summed E-state index contributed by atoms with van der Waals surface area (Å²) in [6.45, 7) is 10.9. The van der Waals surface area contributed by atoms with E-state index in [1.807, 2.05) is 25.1 Å². The van der Waals surface area contributed by atoms with Crippen LogP contribution in [0.4, 0.5) is 21.9 Å². The predicted octanol–water partition coefficient (Wildman–Crippen LogP) is 5.32. The number of carbonyl (C=O) groups excluding carboxylic acids is 3. The molecule has 0 radical (unpaired) electrons. The molecule has 8 nitrogen and oxygen atoms in total. The highest BCUT2D eigenvalue weighted by atomic mass is 32.1. The van der Waals surface area contributed by atoms with Crippen LogP contribution in [0.1, 0.15) is 53.4 Å². The Bertz CT molecular complexity index is 1400. The van der Waals surface area contributed by atoms with Crippen LogP contribution >= 0.6 is 11.3 Å². The molecular formula is C27H29N5O3S. The van der Waals surface area contributed by atoms with Crippen LogP contribution in [0, 0.1) is 6.92 Å². The molecule has 36 heavy (non-hydrogen) atoms. The Morgan fingerprint density at radius 2 is 2.08 bits per heavy atom. The molecule has 1 aromatic carbocycles. The third-order valence-electron chi connectivity index (χ3n) is 6.82. The second kappa shape index (κ2) is 9.39. The minimum atomic E-state index is -0.316. The molecule has 1 atom stereocenters. The molecule has 1 saturated heterocycles. The summed E-state index contributed by atoms with van der Waals surface area (Å²) in [7, 11) is 0. The van der Waals surface area contributed by atoms with E-state index in [9.17, 15) is 14.4 Å². The number of hydrogen-bond donors (Lipinski definition) is 2. The molecule has 2 aliphatic rings. The van der Waals surface area contributed by atoms with Gasteiger partial charge >= 0.3 is 6.03 Å². The smallest absolute Gasteiger partial charge is 0.331 e. The van der Waals surface area contributed by atoms with Crippen molar-refractivity contribution in [3.05, 3.63) is 59.1 Å². The predicted molar refractivity (Wildman–Crippen MR) is 143 cm³/mol. The first-order valence-electron chi connectivity index (χ1n) is 12.1. The molecule has 0 saturated carbocycles. The van der Waals surface area contributed by atoms with Gasteiger partial charge in [-0.15, -0.1) is 11.3 Å². The number of carbonyl (C=O) groups is 3. The van der Waals surface area contributed by atoms with Crippen molar-refractivity contribution in [1.82, 2.24) is 15.2 Å². The van der Waals surface area contributed by atoms with Crippen LogP contribution in [0.5, 0.6) is 0 Å². The van der Waals surface area contributed by atoms with E-state index in [2.05, 4.69) is 42.1 Å². The van der Waals surface area contributed by atoms with Crippen molar-refractivity contribution >= 4 is 56.5 Å². The molecule has 0 unspecified atom stereocenters. The van der Waals surface area contributed by atoms with Gasteiger partial charge in [0.2, 0.25) is 5.91 Å². The van der Waals surface area contributed by atoms with Crippen LogP contribution in [0.2, 0.25) is 0 Å². The topological polar surface area (TPSA) is 94.6 Å². The maximum atomic E-state index is 13.4. The molecular weight excluding hydrogens is 474 g/mol. The Labute approximate surface area is 214 Å². The Morgan fingerprint density at radius 3 is 2.81 bits per heavy atom. The van der Waals surface area contributed by atoms with Gasteiger partial charge in [0.05, 0.1) is 22.4 Å². The summed E-state index contributed by atoms with van der Waals surface area (Å²) in [5.41, 5.74) is 4.19. The third-order valence-corrected chi connectivity index (χ3v) is 7.92. The molecule has 0 bridgehead atoms. The van der Waals surface area contributed by atoms with Gasteiger partial charge in [-0.1, -0.05) is 32.6 Å². The van der Waals surface area contributed by atoms with Crippen molar-refractivity contribution < 1.29 is 14.4 Å². The van der Waals surface area contributed by atoms with Crippen molar-refractivity contribution in [1.29, 1.82) is 0 Å². The van der Waals surface area contributed by atoms with E-state index in [-0.39, 0.29) is 23.9 Å². The number of aromatic nitrogens is 1. The molecule has 0 spiro atoms. The van der Waals surface area contributed by atoms with Crippen molar-refractivity contribution in [2.75, 3.05) is 23.3 Å². The van der Waals surface area contributed by atoms with Gasteiger partial charge in [-0.3, -0.25) is 14.5 Å². The van der Waals surface area contributed by atoms with E-state index >= 15 is 0 Å². The number of benzene rings is 1. The third kappa shape index (κ3) is 4.13. The first-order valence-corrected chi connectivity index (χ1v) is 13.0. The number of piperidine rings is 1. The van der Waals surface area contributed by atoms with Crippen molar-refractivity contribution in [3.63, 3.8) is 0 Å². The number of hydrogen-bond acceptors (Lipinski definition) is 5. The lowest BCUT2D eigenvalue weighted by molar-refractivity contribution is -0.127. The van der Waals surface area contributed by atoms with Crippen molar-refractivity contribution in [2.45, 2.75) is 45.6 Å². The number of nitrogens with one attached hydrogen (secondary N) is 2. The molecule has 2 aliphatic heterocycles. The van der Waals surface area contributed by atoms with Gasteiger partial charge in [0.1, 0.15) is 9.71 Å². The Hall–Kier alpha value is -3.72. The fourth-order valence-corrected chi connectivity index (χ4v) is 5.97. The van der Waals surface area contributed by atoms with Crippen LogP contribution in [0.3, 0.4) is 0 Å². The SMILES string of the molecule is C=CC(=O)N1CCC[C@@H](NC(=O)c2sc3nccc4c3c2NC(=O)N4c2ccc(C(C)C)cc2C)C1. The highest BCUT2D eigenvalue weighted by Gasteiger charge is 2.34. The van der Waals surface area contributed by atoms with Crippen LogP contribution < -0.4 is 15.5 Å². The average molecular weight is 504 g/mol. The van der Waals surface area contributed by atoms with Crippen LogP contribution in [0.15, 0.2) is 43.1 Å². The molecule has 4 amide bonds. The molecule has 186 valence electrons. The summed E-state index contributed by atoms with van der Waals surface area (Å²) in [6.07, 6.45) is 4.55. The lowest BCUT2D eigenvalue weighted by Crippen LogP contribution is -2.49. The number of aryl methyl sites for hydroxylation is 1. The highest BCUT2D eigenvalue weighted by molar-refractivity contribution is 7.21. The molecule has 0 aliphatic carbocycles. The maximum absolute atomic E-state index is 13.4. The van der Waals surface area contributed by atoms with Gasteiger partial charge in [-0.25, -0.2) is 9.78 Å². The number of thiophene rings is 1. The first kappa shape index (κ1) is 24.0. The standard InChI is InChI=1S/C27H29N5O3S/c1-5-21(33)31-12-6-7-18(14-31)29-25(34)24-23-22-20(10-11-28-26(22)36-24)32(27(35)30-23)19-9-8-17(15(2)3)13-16(19)4/h5,8-11,13,15,18H,1,6-7,12,14H2,2-4H3,(H,29,34)(H,30,35)/t18-/m1/s1. The minimum absolute atomic E-state index is 0.135. The number of likely N-dealkylation sites (tertiary alicyclic amines) is 1. The van der Waals surface area contributed by atoms with Gasteiger partial charge in [-0.05, 0) is 55.0 Å². The van der Waals surface area contributed by atoms with E-state index in [1.165, 1.54) is 23.0 Å². The lowest BCUT2D eigenvalue weighted by Gasteiger charge is -2.32. The molecule has 2 N–H and O–H groups in total. The van der Waals surface area contributed by atoms with Gasteiger partial charge in [-0.2, -0.15) is 0 Å². The zero-order valence-electron chi connectivity index (χ0n) is 20.6. The van der Waals surface area contributed by atoms with Gasteiger partial charge < -0.3 is 15.5 Å². The molecule has 1 fully saturated rings. The van der Waals surface area contributed by atoms with E-state index < -0.39 is 0 Å². The summed E-state index contributed by atoms with van der Waals surface area (Å²) in [5, 5.41) is 6.77. The minimum Gasteiger partial charge on any atom is -0.347 e. The maximum Gasteiger partial charge on any atom is 0.331 e. The molecule has 9 heteroatoms. The molecule has 3 aromatic rings. The number of urea groups is 1. The molecule has 4 heterocycles. The zero-order chi connectivity index (χ0) is 25.6. The first-order chi connectivity index (χ1) is 17.3. The van der Waals surface area contributed by atoms with E-state index in [0.717, 1.165) is 29.5 Å². The zero-order valence-corrected chi connectivity index (χ0v) is 21.4. The van der Waals surface area contributed by atoms with Gasteiger partial charge in [0, 0.05) is 25.3 Å². The number of amides is 4. The van der Waals surface area contributed by atoms with Gasteiger partial charge in [0.25, 0.3) is 5.91 Å². The van der Waals surface area contributed by atoms with Gasteiger partial charge in [0.15, 0.2) is 0 Å². The second-order valence-electron chi connectivity index (χ2n) is 9.58. The monoisotopic (exact) mass is 503 g/mol. The molecule has 2 aromatic heterocycles. The van der Waals surface area contributed by atoms with E-state index in [1.54, 1.807) is 16.0 Å². The van der Waals surface area contributed by atoms with Crippen molar-refractivity contribution in [3.8, 4) is 0 Å². The van der Waals surface area contributed by atoms with Crippen LogP contribution in [0.25, 0.3) is 10.2 Å². The number of anilines is 3. The Kier molecular flexibility index (Phi) is 6.26. The summed E-state index contributed by atoms with van der Waals surface area (Å²) < 4.78 is 0. The van der Waals surface area contributed by atoms with E-state index in [0.29, 0.717) is 40.1 Å². The number of nitrogens with zero attached hydrogens (tertiary/aromatic N) is 3. The lowest BCUT2D eigenvalue weighted by atomic mass is 9.99. The van der Waals surface area contributed by atoms with E-state index in [4.69, 9.17) is 0 Å². The fourth-order valence-electron chi connectivity index (χ4n) is 4.95. The van der Waals surface area contributed by atoms with Crippen molar-refractivity contribution in [2.24, 2.45) is 0 Å². The largest absolute Gasteiger partial charge is 0.347 e. The number of rotatable bonds is 5. The Balaban J connectivity index is 1.48. The second-order valence-corrected chi connectivity index (χ2v) is 10.6. The van der Waals surface area contributed by atoms with Crippen LogP contribution in [-0.2, 0) is 4.79 Å². The molecule has 5 rings (SSSR count). The fraction of sp³-hybridized carbons (Fsp3) is 0.333. The highest BCUT2D eigenvalue weighted by Crippen LogP contribution is 2.46. The summed E-state index contributed by atoms with van der Waals surface area (Å²) in [4.78, 5) is 47.7. The summed E-state index contributed by atoms with van der Waals surface area (Å²) in [5.74, 6) is -0.0249. The summed E-state index contributed by atoms with van der Waals surface area (Å²) >= 11 is 1.26. The number of pyridine rings is 1. The average Bonchev–Trinajstić information content (AvgIpc) is 3.24. The summed E-state index contributed by atoms with van der Waals surface area (Å²) in [6, 6.07) is 7.46.